The zero-order valence-electron chi connectivity index (χ0n) is 18.1. The second-order valence-electron chi connectivity index (χ2n) is 8.07. The van der Waals surface area contributed by atoms with Crippen LogP contribution in [0.3, 0.4) is 0 Å². The van der Waals surface area contributed by atoms with E-state index in [1.54, 1.807) is 0 Å². The number of hydrogen-bond acceptors (Lipinski definition) is 4. The zero-order valence-corrected chi connectivity index (χ0v) is 18.1. The molecule has 0 saturated carbocycles. The second-order valence-corrected chi connectivity index (χ2v) is 8.07. The molecule has 2 N–H and O–H groups in total. The number of guanidine groups is 1. The van der Waals surface area contributed by atoms with Gasteiger partial charge in [0.25, 0.3) is 0 Å². The van der Waals surface area contributed by atoms with Crippen molar-refractivity contribution < 1.29 is 4.52 Å². The van der Waals surface area contributed by atoms with Crippen LogP contribution in [-0.4, -0.2) is 35.7 Å². The first kappa shape index (κ1) is 21.4. The number of aliphatic imine (C=N–C) groups is 1. The molecule has 1 aliphatic heterocycles. The molecule has 0 aliphatic carbocycles. The van der Waals surface area contributed by atoms with E-state index in [2.05, 4.69) is 65.7 Å². The fourth-order valence-electron chi connectivity index (χ4n) is 3.49. The van der Waals surface area contributed by atoms with Gasteiger partial charge in [-0.3, -0.25) is 4.90 Å². The number of piperidine rings is 1. The predicted molar refractivity (Wildman–Crippen MR) is 118 cm³/mol. The molecule has 6 heteroatoms. The first-order valence-electron chi connectivity index (χ1n) is 10.9. The van der Waals surface area contributed by atoms with Crippen LogP contribution in [0, 0.1) is 0 Å². The smallest absolute Gasteiger partial charge is 0.191 e. The Labute approximate surface area is 174 Å². The third-order valence-corrected chi connectivity index (χ3v) is 5.24. The first-order valence-corrected chi connectivity index (χ1v) is 10.9. The van der Waals surface area contributed by atoms with Crippen LogP contribution >= 0.6 is 0 Å². The largest absolute Gasteiger partial charge is 0.359 e. The lowest BCUT2D eigenvalue weighted by molar-refractivity contribution is 0.221. The van der Waals surface area contributed by atoms with Crippen molar-refractivity contribution in [2.24, 2.45) is 4.99 Å². The average Bonchev–Trinajstić information content (AvgIpc) is 3.21. The molecule has 158 valence electrons. The van der Waals surface area contributed by atoms with Crippen molar-refractivity contribution in [2.45, 2.75) is 65.6 Å². The summed E-state index contributed by atoms with van der Waals surface area (Å²) < 4.78 is 5.39. The fraction of sp³-hybridized carbons (Fsp3) is 0.565. The molecule has 1 aliphatic rings. The van der Waals surface area contributed by atoms with Gasteiger partial charge in [-0.1, -0.05) is 49.7 Å². The summed E-state index contributed by atoms with van der Waals surface area (Å²) in [5.74, 6) is 1.97. The van der Waals surface area contributed by atoms with Crippen LogP contribution in [0.1, 0.15) is 68.5 Å². The van der Waals surface area contributed by atoms with Gasteiger partial charge in [0, 0.05) is 19.2 Å². The summed E-state index contributed by atoms with van der Waals surface area (Å²) in [5, 5.41) is 10.7. The molecule has 2 heterocycles. The van der Waals surface area contributed by atoms with Crippen LogP contribution in [0.15, 0.2) is 39.8 Å². The number of rotatable bonds is 8. The van der Waals surface area contributed by atoms with Crippen molar-refractivity contribution in [3.05, 3.63) is 52.9 Å². The van der Waals surface area contributed by atoms with Gasteiger partial charge in [0.15, 0.2) is 11.7 Å². The van der Waals surface area contributed by atoms with Crippen LogP contribution < -0.4 is 10.6 Å². The minimum Gasteiger partial charge on any atom is -0.359 e. The first-order chi connectivity index (χ1) is 14.1. The molecule has 0 atom stereocenters. The highest BCUT2D eigenvalue weighted by atomic mass is 16.5. The van der Waals surface area contributed by atoms with Gasteiger partial charge in [-0.05, 0) is 49.9 Å². The van der Waals surface area contributed by atoms with E-state index in [4.69, 9.17) is 9.52 Å². The normalized spacial score (nSPS) is 15.7. The van der Waals surface area contributed by atoms with Gasteiger partial charge < -0.3 is 15.2 Å². The molecule has 1 fully saturated rings. The fourth-order valence-corrected chi connectivity index (χ4v) is 3.49. The molecule has 1 aromatic heterocycles. The third kappa shape index (κ3) is 6.89. The maximum absolute atomic E-state index is 5.39. The Hall–Kier alpha value is -2.34. The maximum atomic E-state index is 5.39. The summed E-state index contributed by atoms with van der Waals surface area (Å²) >= 11 is 0. The van der Waals surface area contributed by atoms with Gasteiger partial charge in [-0.15, -0.1) is 0 Å². The summed E-state index contributed by atoms with van der Waals surface area (Å²) in [6.07, 6.45) is 4.05. The van der Waals surface area contributed by atoms with Gasteiger partial charge in [0.2, 0.25) is 0 Å². The topological polar surface area (TPSA) is 65.7 Å². The van der Waals surface area contributed by atoms with Crippen LogP contribution in [-0.2, 0) is 19.6 Å². The summed E-state index contributed by atoms with van der Waals surface area (Å²) in [4.78, 5) is 7.26. The van der Waals surface area contributed by atoms with Gasteiger partial charge in [0.1, 0.15) is 0 Å². The van der Waals surface area contributed by atoms with E-state index in [0.717, 1.165) is 30.5 Å². The van der Waals surface area contributed by atoms with E-state index in [0.29, 0.717) is 19.0 Å². The molecule has 1 saturated heterocycles. The Balaban J connectivity index is 1.51. The lowest BCUT2D eigenvalue weighted by atomic mass is 10.1. The molecular formula is C23H35N5O. The molecule has 2 aromatic rings. The van der Waals surface area contributed by atoms with E-state index in [1.807, 2.05) is 6.07 Å². The molecule has 1 aromatic carbocycles. The molecule has 0 unspecified atom stereocenters. The maximum Gasteiger partial charge on any atom is 0.191 e. The van der Waals surface area contributed by atoms with Crippen molar-refractivity contribution in [3.8, 4) is 0 Å². The highest BCUT2D eigenvalue weighted by Crippen LogP contribution is 2.15. The van der Waals surface area contributed by atoms with Gasteiger partial charge in [-0.2, -0.15) is 0 Å². The third-order valence-electron chi connectivity index (χ3n) is 5.24. The molecule has 6 nitrogen and oxygen atoms in total. The average molecular weight is 398 g/mol. The minimum atomic E-state index is 0.368. The highest BCUT2D eigenvalue weighted by Gasteiger charge is 2.10. The van der Waals surface area contributed by atoms with Gasteiger partial charge in [-0.25, -0.2) is 4.99 Å². The quantitative estimate of drug-likeness (QED) is 0.520. The minimum absolute atomic E-state index is 0.368. The summed E-state index contributed by atoms with van der Waals surface area (Å²) in [5.41, 5.74) is 3.58. The summed E-state index contributed by atoms with van der Waals surface area (Å²) in [6, 6.07) is 10.9. The number of hydrogen-bond donors (Lipinski definition) is 2. The Morgan fingerprint density at radius 1 is 1.10 bits per heavy atom. The van der Waals surface area contributed by atoms with Crippen LogP contribution in [0.5, 0.6) is 0 Å². The predicted octanol–water partition coefficient (Wildman–Crippen LogP) is 4.04. The molecule has 0 spiro atoms. The van der Waals surface area contributed by atoms with Crippen molar-refractivity contribution in [2.75, 3.05) is 19.6 Å². The Kier molecular flexibility index (Phi) is 8.11. The number of aromatic nitrogens is 1. The van der Waals surface area contributed by atoms with Crippen molar-refractivity contribution >= 4 is 5.96 Å². The lowest BCUT2D eigenvalue weighted by Crippen LogP contribution is -2.36. The van der Waals surface area contributed by atoms with E-state index in [9.17, 15) is 0 Å². The SMILES string of the molecule is CCNC(=NCc1ccc(CN2CCCCC2)cc1)NCc1cc(C(C)C)no1. The second kappa shape index (κ2) is 11.0. The summed E-state index contributed by atoms with van der Waals surface area (Å²) in [7, 11) is 0. The van der Waals surface area contributed by atoms with Gasteiger partial charge in [0.05, 0.1) is 18.8 Å². The van der Waals surface area contributed by atoms with Crippen LogP contribution in [0.25, 0.3) is 0 Å². The Bertz CT molecular complexity index is 760. The van der Waals surface area contributed by atoms with Crippen molar-refractivity contribution in [1.29, 1.82) is 0 Å². The number of likely N-dealkylation sites (tertiary alicyclic amines) is 1. The number of nitrogens with zero attached hydrogens (tertiary/aromatic N) is 3. The molecule has 0 bridgehead atoms. The van der Waals surface area contributed by atoms with Crippen molar-refractivity contribution in [1.82, 2.24) is 20.7 Å². The van der Waals surface area contributed by atoms with E-state index in [1.165, 1.54) is 43.5 Å². The number of benzene rings is 1. The van der Waals surface area contributed by atoms with E-state index >= 15 is 0 Å². The van der Waals surface area contributed by atoms with Crippen LogP contribution in [0.4, 0.5) is 0 Å². The Morgan fingerprint density at radius 2 is 1.83 bits per heavy atom. The molecule has 0 amide bonds. The van der Waals surface area contributed by atoms with Crippen molar-refractivity contribution in [3.63, 3.8) is 0 Å². The van der Waals surface area contributed by atoms with Crippen LogP contribution in [0.2, 0.25) is 0 Å². The zero-order chi connectivity index (χ0) is 20.5. The van der Waals surface area contributed by atoms with Gasteiger partial charge >= 0.3 is 0 Å². The number of nitrogens with one attached hydrogen (secondary N) is 2. The van der Waals surface area contributed by atoms with E-state index in [-0.39, 0.29) is 0 Å². The van der Waals surface area contributed by atoms with E-state index < -0.39 is 0 Å². The monoisotopic (exact) mass is 397 g/mol. The standard InChI is InChI=1S/C23H35N5O/c1-4-24-23(26-16-21-14-22(18(2)3)27-29-21)25-15-19-8-10-20(11-9-19)17-28-12-6-5-7-13-28/h8-11,14,18H,4-7,12-13,15-17H2,1-3H3,(H2,24,25,26). The molecule has 29 heavy (non-hydrogen) atoms. The Morgan fingerprint density at radius 3 is 2.48 bits per heavy atom. The summed E-state index contributed by atoms with van der Waals surface area (Å²) in [6.45, 7) is 11.8. The molecule has 3 rings (SSSR count). The molecular weight excluding hydrogens is 362 g/mol. The lowest BCUT2D eigenvalue weighted by Gasteiger charge is -2.26. The molecule has 0 radical (unpaired) electrons. The highest BCUT2D eigenvalue weighted by molar-refractivity contribution is 5.79.